The van der Waals surface area contributed by atoms with Crippen LogP contribution in [0.1, 0.15) is 29.7 Å². The predicted molar refractivity (Wildman–Crippen MR) is 102 cm³/mol. The second-order valence-electron chi connectivity index (χ2n) is 7.09. The number of fused-ring (bicyclic) bond motifs is 3. The Morgan fingerprint density at radius 3 is 3.00 bits per heavy atom. The lowest BCUT2D eigenvalue weighted by Crippen LogP contribution is -2.47. The van der Waals surface area contributed by atoms with E-state index in [2.05, 4.69) is 38.1 Å². The molecule has 4 heterocycles. The third-order valence-corrected chi connectivity index (χ3v) is 6.48. The summed E-state index contributed by atoms with van der Waals surface area (Å²) in [5.41, 5.74) is 12.1. The van der Waals surface area contributed by atoms with Gasteiger partial charge >= 0.3 is 0 Å². The van der Waals surface area contributed by atoms with Crippen LogP contribution in [-0.2, 0) is 23.3 Å². The highest BCUT2D eigenvalue weighted by Gasteiger charge is 2.42. The quantitative estimate of drug-likeness (QED) is 0.750. The van der Waals surface area contributed by atoms with Crippen LogP contribution in [0, 0.1) is 0 Å². The van der Waals surface area contributed by atoms with Gasteiger partial charge in [0, 0.05) is 25.8 Å². The molecule has 26 heavy (non-hydrogen) atoms. The zero-order valence-electron chi connectivity index (χ0n) is 14.5. The van der Waals surface area contributed by atoms with Gasteiger partial charge in [0.15, 0.2) is 0 Å². The molecule has 2 N–H and O–H groups in total. The monoisotopic (exact) mass is 367 g/mol. The summed E-state index contributed by atoms with van der Waals surface area (Å²) < 4.78 is 7.56. The maximum atomic E-state index is 6.26. The van der Waals surface area contributed by atoms with Gasteiger partial charge in [-0.2, -0.15) is 0 Å². The summed E-state index contributed by atoms with van der Waals surface area (Å²) in [5.74, 6) is 0.341. The first-order valence-corrected chi connectivity index (χ1v) is 9.91. The number of likely N-dealkylation sites (tertiary alicyclic amines) is 1. The van der Waals surface area contributed by atoms with Crippen LogP contribution < -0.4 is 5.73 Å². The number of aromatic nitrogens is 3. The van der Waals surface area contributed by atoms with E-state index in [0.29, 0.717) is 5.95 Å². The zero-order valence-corrected chi connectivity index (χ0v) is 15.3. The van der Waals surface area contributed by atoms with Crippen molar-refractivity contribution in [3.63, 3.8) is 0 Å². The molecule has 1 fully saturated rings. The molecule has 0 radical (unpaired) electrons. The van der Waals surface area contributed by atoms with Gasteiger partial charge in [0.1, 0.15) is 5.60 Å². The molecule has 0 aliphatic carbocycles. The Morgan fingerprint density at radius 2 is 2.12 bits per heavy atom. The van der Waals surface area contributed by atoms with Crippen molar-refractivity contribution in [3.05, 3.63) is 46.7 Å². The smallest absolute Gasteiger partial charge is 0.220 e. The van der Waals surface area contributed by atoms with E-state index >= 15 is 0 Å². The number of benzene rings is 1. The first-order valence-electron chi connectivity index (χ1n) is 9.03. The molecule has 0 atom stereocenters. The van der Waals surface area contributed by atoms with Crippen LogP contribution in [-0.4, -0.2) is 39.5 Å². The van der Waals surface area contributed by atoms with Crippen molar-refractivity contribution in [2.75, 3.05) is 25.4 Å². The van der Waals surface area contributed by atoms with Gasteiger partial charge in [0.2, 0.25) is 5.95 Å². The molecule has 1 aromatic carbocycles. The van der Waals surface area contributed by atoms with Crippen molar-refractivity contribution in [1.82, 2.24) is 19.9 Å². The van der Waals surface area contributed by atoms with Gasteiger partial charge in [-0.25, -0.2) is 15.0 Å². The van der Waals surface area contributed by atoms with Crippen LogP contribution >= 0.6 is 11.3 Å². The normalized spacial score (nSPS) is 19.7. The van der Waals surface area contributed by atoms with Crippen molar-refractivity contribution in [3.8, 4) is 0 Å². The maximum Gasteiger partial charge on any atom is 0.220 e. The lowest BCUT2D eigenvalue weighted by atomic mass is 9.83. The zero-order chi connectivity index (χ0) is 17.6. The van der Waals surface area contributed by atoms with Crippen molar-refractivity contribution in [2.45, 2.75) is 31.4 Å². The highest BCUT2D eigenvalue weighted by Crippen LogP contribution is 2.40. The fourth-order valence-electron chi connectivity index (χ4n) is 4.19. The predicted octanol–water partition coefficient (Wildman–Crippen LogP) is 2.73. The number of hydrogen-bond donors (Lipinski definition) is 1. The van der Waals surface area contributed by atoms with Crippen LogP contribution in [0.5, 0.6) is 0 Å². The van der Waals surface area contributed by atoms with Crippen LogP contribution in [0.4, 0.5) is 5.95 Å². The second kappa shape index (κ2) is 6.26. The maximum absolute atomic E-state index is 6.26. The number of hydrogen-bond acceptors (Lipinski definition) is 7. The van der Waals surface area contributed by atoms with Crippen LogP contribution in [0.15, 0.2) is 29.9 Å². The first kappa shape index (κ1) is 16.1. The average molecular weight is 367 g/mol. The molecule has 1 spiro atoms. The number of thiazole rings is 1. The molecule has 2 aliphatic heterocycles. The molecule has 2 aromatic heterocycles. The van der Waals surface area contributed by atoms with Crippen molar-refractivity contribution < 1.29 is 4.74 Å². The topological polar surface area (TPSA) is 77.2 Å². The number of nitrogens with two attached hydrogens (primary N) is 1. The average Bonchev–Trinajstić information content (AvgIpc) is 3.14. The molecule has 6 nitrogen and oxygen atoms in total. The number of ether oxygens (including phenoxy) is 1. The SMILES string of the molecule is Nc1ncc2c(n1)C1(CCN(Cc3cccc4ncsc34)CC1)OCC2. The lowest BCUT2D eigenvalue weighted by Gasteiger charge is -2.44. The van der Waals surface area contributed by atoms with E-state index in [1.165, 1.54) is 15.8 Å². The fourth-order valence-corrected chi connectivity index (χ4v) is 4.98. The fraction of sp³-hybridized carbons (Fsp3) is 0.421. The Labute approximate surface area is 156 Å². The van der Waals surface area contributed by atoms with Crippen molar-refractivity contribution >= 4 is 27.5 Å². The highest BCUT2D eigenvalue weighted by molar-refractivity contribution is 7.16. The number of nitrogen functional groups attached to an aromatic ring is 1. The minimum Gasteiger partial charge on any atom is -0.368 e. The minimum atomic E-state index is -0.294. The van der Waals surface area contributed by atoms with E-state index in [4.69, 9.17) is 10.5 Å². The number of anilines is 1. The lowest BCUT2D eigenvalue weighted by molar-refractivity contribution is -0.102. The Morgan fingerprint density at radius 1 is 1.23 bits per heavy atom. The van der Waals surface area contributed by atoms with Gasteiger partial charge in [-0.3, -0.25) is 4.90 Å². The van der Waals surface area contributed by atoms with Gasteiger partial charge in [0.25, 0.3) is 0 Å². The summed E-state index contributed by atoms with van der Waals surface area (Å²) in [6.07, 6.45) is 4.62. The Balaban J connectivity index is 1.36. The van der Waals surface area contributed by atoms with E-state index in [0.717, 1.165) is 56.7 Å². The molecule has 5 rings (SSSR count). The largest absolute Gasteiger partial charge is 0.368 e. The summed E-state index contributed by atoms with van der Waals surface area (Å²) in [6.45, 7) is 3.66. The van der Waals surface area contributed by atoms with E-state index in [1.54, 1.807) is 11.3 Å². The molecule has 2 aliphatic rings. The number of rotatable bonds is 2. The third kappa shape index (κ3) is 2.67. The van der Waals surface area contributed by atoms with Gasteiger partial charge in [-0.1, -0.05) is 12.1 Å². The molecular formula is C19H21N5OS. The molecule has 1 saturated heterocycles. The van der Waals surface area contributed by atoms with Gasteiger partial charge in [-0.15, -0.1) is 11.3 Å². The molecule has 0 saturated carbocycles. The van der Waals surface area contributed by atoms with E-state index in [-0.39, 0.29) is 5.60 Å². The van der Waals surface area contributed by atoms with Gasteiger partial charge in [-0.05, 0) is 36.5 Å². The summed E-state index contributed by atoms with van der Waals surface area (Å²) in [7, 11) is 0. The Kier molecular flexibility index (Phi) is 3.88. The molecule has 7 heteroatoms. The van der Waals surface area contributed by atoms with Crippen LogP contribution in [0.25, 0.3) is 10.2 Å². The molecular weight excluding hydrogens is 346 g/mol. The summed E-state index contributed by atoms with van der Waals surface area (Å²) in [6, 6.07) is 6.39. The number of nitrogens with zero attached hydrogens (tertiary/aromatic N) is 4. The van der Waals surface area contributed by atoms with E-state index in [1.807, 2.05) is 11.7 Å². The Bertz CT molecular complexity index is 948. The van der Waals surface area contributed by atoms with Gasteiger partial charge in [0.05, 0.1) is 28.0 Å². The standard InChI is InChI=1S/C19H21N5OS/c20-18-21-10-13-4-9-25-19(17(13)23-18)5-7-24(8-6-19)11-14-2-1-3-15-16(14)26-12-22-15/h1-3,10,12H,4-9,11H2,(H2,20,21,23). The van der Waals surface area contributed by atoms with Crippen LogP contribution in [0.3, 0.4) is 0 Å². The third-order valence-electron chi connectivity index (χ3n) is 5.56. The molecule has 3 aromatic rings. The first-order chi connectivity index (χ1) is 12.7. The second-order valence-corrected chi connectivity index (χ2v) is 7.94. The van der Waals surface area contributed by atoms with E-state index in [9.17, 15) is 0 Å². The van der Waals surface area contributed by atoms with Gasteiger partial charge < -0.3 is 10.5 Å². The van der Waals surface area contributed by atoms with E-state index < -0.39 is 0 Å². The van der Waals surface area contributed by atoms with Crippen LogP contribution in [0.2, 0.25) is 0 Å². The molecule has 0 amide bonds. The molecule has 0 bridgehead atoms. The Hall–Kier alpha value is -2.09. The minimum absolute atomic E-state index is 0.294. The molecule has 0 unspecified atom stereocenters. The van der Waals surface area contributed by atoms with Crippen molar-refractivity contribution in [2.24, 2.45) is 0 Å². The number of piperidine rings is 1. The molecule has 134 valence electrons. The summed E-state index contributed by atoms with van der Waals surface area (Å²) in [5, 5.41) is 0. The highest BCUT2D eigenvalue weighted by atomic mass is 32.1. The summed E-state index contributed by atoms with van der Waals surface area (Å²) in [4.78, 5) is 15.6. The van der Waals surface area contributed by atoms with Crippen molar-refractivity contribution in [1.29, 1.82) is 0 Å². The summed E-state index contributed by atoms with van der Waals surface area (Å²) >= 11 is 1.72.